The van der Waals surface area contributed by atoms with Gasteiger partial charge in [-0.15, -0.1) is 11.3 Å². The van der Waals surface area contributed by atoms with Gasteiger partial charge in [-0.1, -0.05) is 48.5 Å². The molecule has 0 unspecified atom stereocenters. The summed E-state index contributed by atoms with van der Waals surface area (Å²) in [6, 6.07) is 16.3. The molecule has 1 saturated carbocycles. The minimum absolute atomic E-state index is 0.00334. The number of nitrogens with one attached hydrogen (secondary N) is 2. The van der Waals surface area contributed by atoms with Gasteiger partial charge in [-0.3, -0.25) is 4.79 Å². The maximum Gasteiger partial charge on any atom is 0.407 e. The van der Waals surface area contributed by atoms with E-state index in [9.17, 15) is 19.5 Å². The van der Waals surface area contributed by atoms with E-state index >= 15 is 0 Å². The third-order valence-electron chi connectivity index (χ3n) is 6.52. The number of aromatic nitrogens is 1. The van der Waals surface area contributed by atoms with Crippen molar-refractivity contribution in [2.24, 2.45) is 0 Å². The van der Waals surface area contributed by atoms with E-state index in [-0.39, 0.29) is 18.2 Å². The highest BCUT2D eigenvalue weighted by molar-refractivity contribution is 7.11. The number of carboxylic acid groups (broad SMARTS) is 1. The number of ether oxygens (including phenoxy) is 1. The molecule has 2 aliphatic rings. The lowest BCUT2D eigenvalue weighted by molar-refractivity contribution is -0.140. The zero-order chi connectivity index (χ0) is 24.6. The second-order valence-electron chi connectivity index (χ2n) is 8.86. The van der Waals surface area contributed by atoms with Crippen molar-refractivity contribution in [2.75, 3.05) is 13.2 Å². The quantitative estimate of drug-likeness (QED) is 0.440. The number of aliphatic carboxylic acids is 1. The molecule has 3 N–H and O–H groups in total. The first-order chi connectivity index (χ1) is 16.9. The third-order valence-corrected chi connectivity index (χ3v) is 7.55. The Kier molecular flexibility index (Phi) is 6.02. The van der Waals surface area contributed by atoms with Gasteiger partial charge in [-0.25, -0.2) is 14.6 Å². The molecule has 0 radical (unpaired) electrons. The smallest absolute Gasteiger partial charge is 0.407 e. The summed E-state index contributed by atoms with van der Waals surface area (Å²) in [4.78, 5) is 41.2. The van der Waals surface area contributed by atoms with Crippen LogP contribution >= 0.6 is 11.3 Å². The summed E-state index contributed by atoms with van der Waals surface area (Å²) in [6.45, 7) is 2.32. The lowest BCUT2D eigenvalue weighted by atomic mass is 9.98. The van der Waals surface area contributed by atoms with E-state index in [1.54, 1.807) is 6.92 Å². The topological polar surface area (TPSA) is 118 Å². The maximum atomic E-state index is 12.5. The second kappa shape index (κ2) is 9.14. The molecule has 1 fully saturated rings. The molecule has 2 amide bonds. The number of alkyl carbamates (subject to hydrolysis) is 1. The van der Waals surface area contributed by atoms with Crippen LogP contribution in [0.2, 0.25) is 0 Å². The van der Waals surface area contributed by atoms with Crippen LogP contribution in [-0.2, 0) is 16.0 Å². The number of amides is 2. The van der Waals surface area contributed by atoms with Gasteiger partial charge in [0, 0.05) is 23.8 Å². The number of benzene rings is 2. The molecule has 0 atom stereocenters. The van der Waals surface area contributed by atoms with Gasteiger partial charge in [0.1, 0.15) is 17.8 Å². The second-order valence-corrected chi connectivity index (χ2v) is 10.1. The number of fused-ring (bicyclic) bond motifs is 3. The maximum absolute atomic E-state index is 12.5. The molecule has 5 rings (SSSR count). The average Bonchev–Trinajstić information content (AvgIpc) is 3.43. The Balaban J connectivity index is 1.13. The van der Waals surface area contributed by atoms with Gasteiger partial charge in [-0.2, -0.15) is 0 Å². The SMILES string of the molecule is Cc1sc(CCNC(=O)OCC2c3ccccc3-c3ccccc32)nc1C(=O)NC1(C(=O)O)CC1. The Morgan fingerprint density at radius 2 is 1.71 bits per heavy atom. The summed E-state index contributed by atoms with van der Waals surface area (Å²) in [5, 5.41) is 15.3. The van der Waals surface area contributed by atoms with Crippen molar-refractivity contribution < 1.29 is 24.2 Å². The van der Waals surface area contributed by atoms with E-state index in [0.717, 1.165) is 11.1 Å². The van der Waals surface area contributed by atoms with Gasteiger partial charge < -0.3 is 20.5 Å². The lowest BCUT2D eigenvalue weighted by Gasteiger charge is -2.14. The molecule has 0 saturated heterocycles. The Morgan fingerprint density at radius 1 is 1.09 bits per heavy atom. The number of aryl methyl sites for hydroxylation is 1. The van der Waals surface area contributed by atoms with Gasteiger partial charge in [0.05, 0.1) is 5.01 Å². The van der Waals surface area contributed by atoms with Gasteiger partial charge in [0.2, 0.25) is 0 Å². The molecule has 8 nitrogen and oxygen atoms in total. The van der Waals surface area contributed by atoms with Crippen LogP contribution in [0.4, 0.5) is 4.79 Å². The van der Waals surface area contributed by atoms with E-state index in [2.05, 4.69) is 39.9 Å². The summed E-state index contributed by atoms with van der Waals surface area (Å²) in [5.74, 6) is -1.50. The molecule has 3 aromatic rings. The summed E-state index contributed by atoms with van der Waals surface area (Å²) in [6.07, 6.45) is 0.783. The van der Waals surface area contributed by atoms with E-state index in [0.29, 0.717) is 35.7 Å². The molecular formula is C26H25N3O5S. The van der Waals surface area contributed by atoms with Crippen molar-refractivity contribution >= 4 is 29.3 Å². The van der Waals surface area contributed by atoms with Gasteiger partial charge in [-0.05, 0) is 42.0 Å². The summed E-state index contributed by atoms with van der Waals surface area (Å²) >= 11 is 1.36. The number of carbonyl (C=O) groups excluding carboxylic acids is 2. The molecule has 0 bridgehead atoms. The van der Waals surface area contributed by atoms with Crippen molar-refractivity contribution in [3.8, 4) is 11.1 Å². The minimum Gasteiger partial charge on any atom is -0.480 e. The highest BCUT2D eigenvalue weighted by atomic mass is 32.1. The van der Waals surface area contributed by atoms with Crippen LogP contribution in [0.5, 0.6) is 0 Å². The highest BCUT2D eigenvalue weighted by Gasteiger charge is 2.52. The zero-order valence-corrected chi connectivity index (χ0v) is 20.0. The van der Waals surface area contributed by atoms with Gasteiger partial charge >= 0.3 is 12.1 Å². The first kappa shape index (κ1) is 23.0. The number of nitrogens with zero attached hydrogens (tertiary/aromatic N) is 1. The molecule has 0 aliphatic heterocycles. The first-order valence-corrected chi connectivity index (χ1v) is 12.3. The molecule has 180 valence electrons. The molecule has 0 spiro atoms. The van der Waals surface area contributed by atoms with Crippen molar-refractivity contribution in [1.82, 2.24) is 15.6 Å². The molecule has 1 heterocycles. The summed E-state index contributed by atoms with van der Waals surface area (Å²) in [5.41, 5.74) is 3.74. The minimum atomic E-state index is -1.15. The van der Waals surface area contributed by atoms with Gasteiger partial charge in [0.15, 0.2) is 0 Å². The Bertz CT molecular complexity index is 1270. The molecular weight excluding hydrogens is 466 g/mol. The standard InChI is InChI=1S/C26H25N3O5S/c1-15-22(23(30)29-26(11-12-26)24(31)32)28-21(35-15)10-13-27-25(33)34-14-20-18-8-4-2-6-16(18)17-7-3-5-9-19(17)20/h2-9,20H,10-14H2,1H3,(H,27,33)(H,29,30)(H,31,32). The predicted octanol–water partition coefficient (Wildman–Crippen LogP) is 3.88. The molecule has 2 aliphatic carbocycles. The lowest BCUT2D eigenvalue weighted by Crippen LogP contribution is -2.43. The summed E-state index contributed by atoms with van der Waals surface area (Å²) < 4.78 is 5.54. The van der Waals surface area contributed by atoms with E-state index < -0.39 is 23.5 Å². The van der Waals surface area contributed by atoms with Crippen molar-refractivity contribution in [3.63, 3.8) is 0 Å². The van der Waals surface area contributed by atoms with Crippen LogP contribution in [0.1, 0.15) is 50.3 Å². The van der Waals surface area contributed by atoms with Crippen LogP contribution in [0, 0.1) is 6.92 Å². The third kappa shape index (κ3) is 4.51. The fourth-order valence-electron chi connectivity index (χ4n) is 4.48. The van der Waals surface area contributed by atoms with E-state index in [4.69, 9.17) is 4.74 Å². The fourth-order valence-corrected chi connectivity index (χ4v) is 5.41. The van der Waals surface area contributed by atoms with Crippen LogP contribution in [0.15, 0.2) is 48.5 Å². The van der Waals surface area contributed by atoms with E-state index in [1.807, 2.05) is 24.3 Å². The number of rotatable bonds is 8. The highest BCUT2D eigenvalue weighted by Crippen LogP contribution is 2.44. The van der Waals surface area contributed by atoms with Crippen molar-refractivity contribution in [2.45, 2.75) is 37.6 Å². The van der Waals surface area contributed by atoms with Crippen LogP contribution in [-0.4, -0.2) is 46.8 Å². The number of hydrogen-bond donors (Lipinski definition) is 3. The number of carbonyl (C=O) groups is 3. The first-order valence-electron chi connectivity index (χ1n) is 11.5. The Labute approximate surface area is 206 Å². The van der Waals surface area contributed by atoms with Gasteiger partial charge in [0.25, 0.3) is 5.91 Å². The average molecular weight is 492 g/mol. The van der Waals surface area contributed by atoms with Crippen LogP contribution in [0.25, 0.3) is 11.1 Å². The number of hydrogen-bond acceptors (Lipinski definition) is 6. The van der Waals surface area contributed by atoms with Crippen molar-refractivity contribution in [1.29, 1.82) is 0 Å². The predicted molar refractivity (Wildman–Crippen MR) is 131 cm³/mol. The largest absolute Gasteiger partial charge is 0.480 e. The molecule has 1 aromatic heterocycles. The number of thiazole rings is 1. The normalized spacial score (nSPS) is 15.1. The Hall–Kier alpha value is -3.72. The van der Waals surface area contributed by atoms with Crippen LogP contribution in [0.3, 0.4) is 0 Å². The Morgan fingerprint density at radius 3 is 2.31 bits per heavy atom. The fraction of sp³-hybridized carbons (Fsp3) is 0.308. The van der Waals surface area contributed by atoms with Crippen molar-refractivity contribution in [3.05, 3.63) is 75.2 Å². The molecule has 2 aromatic carbocycles. The molecule has 9 heteroatoms. The summed E-state index contributed by atoms with van der Waals surface area (Å²) in [7, 11) is 0. The van der Waals surface area contributed by atoms with E-state index in [1.165, 1.54) is 22.5 Å². The number of carboxylic acids is 1. The molecule has 35 heavy (non-hydrogen) atoms. The monoisotopic (exact) mass is 491 g/mol. The van der Waals surface area contributed by atoms with Crippen LogP contribution < -0.4 is 10.6 Å². The zero-order valence-electron chi connectivity index (χ0n) is 19.2.